The van der Waals surface area contributed by atoms with Gasteiger partial charge in [-0.05, 0) is 56.0 Å². The molecule has 0 bridgehead atoms. The molecule has 38 heavy (non-hydrogen) atoms. The summed E-state index contributed by atoms with van der Waals surface area (Å²) in [6.07, 6.45) is 2.64. The van der Waals surface area contributed by atoms with E-state index < -0.39 is 51.8 Å². The van der Waals surface area contributed by atoms with Gasteiger partial charge in [-0.3, -0.25) is 5.41 Å². The fraction of sp³-hybridized carbons (Fsp3) is 0.458. The van der Waals surface area contributed by atoms with E-state index in [1.165, 1.54) is 61.3 Å². The number of hydrogen-bond donors (Lipinski definition) is 1. The van der Waals surface area contributed by atoms with Gasteiger partial charge in [0.1, 0.15) is 4.91 Å². The standard InChI is InChI=1S/C15H7F6NO4S2.C9H22N/c16-14(17,18)27(23,24)11-6-9-8-4-2-1-3-7(8)5-10(9)12(22)13(11)28(25,26)15(19,20)21;1-5-9-10(6-2,7-3)8-4/h1-6,22H;5-9H2,1-4H3/q;+1. The lowest BCUT2D eigenvalue weighted by Crippen LogP contribution is -2.47. The maximum Gasteiger partial charge on any atom is 0.502 e. The lowest BCUT2D eigenvalue weighted by molar-refractivity contribution is -0.923. The predicted molar refractivity (Wildman–Crippen MR) is 134 cm³/mol. The number of nitrogens with zero attached hydrogens (tertiary/aromatic N) is 1. The topological polar surface area (TPSA) is 92.1 Å². The Hall–Kier alpha value is -2.45. The number of fused-ring (bicyclic) bond motifs is 3. The Labute approximate surface area is 218 Å². The Morgan fingerprint density at radius 2 is 1.26 bits per heavy atom. The molecule has 1 aromatic carbocycles. The van der Waals surface area contributed by atoms with Crippen molar-refractivity contribution < 1.29 is 47.7 Å². The smallest absolute Gasteiger partial charge is 0.324 e. The average molecular weight is 588 g/mol. The zero-order valence-electron chi connectivity index (χ0n) is 21.2. The summed E-state index contributed by atoms with van der Waals surface area (Å²) in [5, 5.41) is 7.82. The molecule has 0 spiro atoms. The van der Waals surface area contributed by atoms with Crippen molar-refractivity contribution in [3.05, 3.63) is 56.9 Å². The van der Waals surface area contributed by atoms with Crippen molar-refractivity contribution in [3.63, 3.8) is 0 Å². The summed E-state index contributed by atoms with van der Waals surface area (Å²) in [6, 6.07) is 5.69. The fourth-order valence-electron chi connectivity index (χ4n) is 4.38. The Morgan fingerprint density at radius 3 is 1.68 bits per heavy atom. The maximum absolute atomic E-state index is 13.0. The van der Waals surface area contributed by atoms with Crippen LogP contribution in [0.2, 0.25) is 0 Å². The number of hydrogen-bond acceptors (Lipinski definition) is 5. The summed E-state index contributed by atoms with van der Waals surface area (Å²) in [7, 11) is -13.1. The van der Waals surface area contributed by atoms with Crippen molar-refractivity contribution in [1.82, 2.24) is 0 Å². The number of alkyl halides is 6. The molecule has 6 nitrogen and oxygen atoms in total. The SMILES string of the molecule is CCC[N+](CC)(CC)CC.N=C1C2=Cc3ccccc3C2=CC(S(=O)(=O)C(F)(F)F)=C1S(=O)(=O)C(F)(F)F. The molecule has 14 heteroatoms. The molecule has 0 radical (unpaired) electrons. The number of rotatable bonds is 7. The van der Waals surface area contributed by atoms with E-state index in [9.17, 15) is 43.2 Å². The number of sulfone groups is 2. The van der Waals surface area contributed by atoms with E-state index in [0.29, 0.717) is 0 Å². The highest BCUT2D eigenvalue weighted by Crippen LogP contribution is 2.47. The molecule has 2 aliphatic carbocycles. The van der Waals surface area contributed by atoms with Gasteiger partial charge >= 0.3 is 11.0 Å². The predicted octanol–water partition coefficient (Wildman–Crippen LogP) is 5.85. The first-order valence-electron chi connectivity index (χ1n) is 11.7. The molecule has 2 aliphatic rings. The molecule has 0 fully saturated rings. The Bertz CT molecular complexity index is 1390. The van der Waals surface area contributed by atoms with Crippen molar-refractivity contribution in [2.24, 2.45) is 0 Å². The van der Waals surface area contributed by atoms with Gasteiger partial charge in [-0.2, -0.15) is 26.3 Å². The molecule has 0 atom stereocenters. The van der Waals surface area contributed by atoms with Gasteiger partial charge in [0, 0.05) is 5.57 Å². The van der Waals surface area contributed by atoms with Crippen LogP contribution in [0.1, 0.15) is 45.2 Å². The second-order valence-corrected chi connectivity index (χ2v) is 12.5. The molecule has 1 aromatic rings. The summed E-state index contributed by atoms with van der Waals surface area (Å²) in [5.74, 6) is 0. The van der Waals surface area contributed by atoms with E-state index in [2.05, 4.69) is 27.7 Å². The first-order chi connectivity index (χ1) is 17.3. The van der Waals surface area contributed by atoms with Crippen LogP contribution in [0.15, 0.2) is 45.7 Å². The third-order valence-corrected chi connectivity index (χ3v) is 9.93. The highest BCUT2D eigenvalue weighted by atomic mass is 32.2. The molecular weight excluding hydrogens is 558 g/mol. The first kappa shape index (κ1) is 31.8. The third kappa shape index (κ3) is 5.62. The van der Waals surface area contributed by atoms with E-state index in [-0.39, 0.29) is 22.8 Å². The molecule has 0 heterocycles. The van der Waals surface area contributed by atoms with Crippen LogP contribution in [0.5, 0.6) is 0 Å². The summed E-state index contributed by atoms with van der Waals surface area (Å²) in [4.78, 5) is -4.38. The monoisotopic (exact) mass is 587 g/mol. The molecular formula is C24H29F6N2O4S2+. The molecule has 212 valence electrons. The van der Waals surface area contributed by atoms with Crippen LogP contribution in [0.25, 0.3) is 11.6 Å². The number of nitrogens with one attached hydrogen (secondary N) is 1. The lowest BCUT2D eigenvalue weighted by atomic mass is 9.95. The van der Waals surface area contributed by atoms with Crippen molar-refractivity contribution in [2.75, 3.05) is 26.2 Å². The first-order valence-corrected chi connectivity index (χ1v) is 14.7. The van der Waals surface area contributed by atoms with Crippen LogP contribution in [-0.2, 0) is 19.7 Å². The minimum atomic E-state index is -6.58. The molecule has 0 aromatic heterocycles. The highest BCUT2D eigenvalue weighted by Gasteiger charge is 2.57. The van der Waals surface area contributed by atoms with Gasteiger partial charge in [0.15, 0.2) is 0 Å². The largest absolute Gasteiger partial charge is 0.502 e. The summed E-state index contributed by atoms with van der Waals surface area (Å²) in [5.41, 5.74) is -13.9. The summed E-state index contributed by atoms with van der Waals surface area (Å²) >= 11 is 0. The second-order valence-electron chi connectivity index (χ2n) is 8.68. The van der Waals surface area contributed by atoms with Crippen LogP contribution >= 0.6 is 0 Å². The van der Waals surface area contributed by atoms with Crippen LogP contribution in [0.3, 0.4) is 0 Å². The van der Waals surface area contributed by atoms with Crippen LogP contribution < -0.4 is 0 Å². The number of halogens is 6. The van der Waals surface area contributed by atoms with Crippen molar-refractivity contribution in [2.45, 2.75) is 45.1 Å². The lowest BCUT2D eigenvalue weighted by Gasteiger charge is -2.35. The minimum absolute atomic E-state index is 0.153. The van der Waals surface area contributed by atoms with Gasteiger partial charge in [0.05, 0.1) is 36.8 Å². The van der Waals surface area contributed by atoms with E-state index in [1.54, 1.807) is 0 Å². The summed E-state index contributed by atoms with van der Waals surface area (Å²) < 4.78 is 127. The number of quaternary nitrogens is 1. The second kappa shape index (κ2) is 11.0. The van der Waals surface area contributed by atoms with E-state index in [0.717, 1.165) is 6.08 Å². The van der Waals surface area contributed by atoms with Crippen molar-refractivity contribution in [3.8, 4) is 0 Å². The fourth-order valence-corrected chi connectivity index (χ4v) is 6.84. The van der Waals surface area contributed by atoms with Gasteiger partial charge in [-0.15, -0.1) is 0 Å². The van der Waals surface area contributed by atoms with Gasteiger partial charge in [0.2, 0.25) is 0 Å². The van der Waals surface area contributed by atoms with Gasteiger partial charge in [-0.25, -0.2) is 16.8 Å². The Balaban J connectivity index is 0.000000432. The summed E-state index contributed by atoms with van der Waals surface area (Å²) in [6.45, 7) is 14.4. The van der Waals surface area contributed by atoms with E-state index in [4.69, 9.17) is 5.41 Å². The van der Waals surface area contributed by atoms with E-state index >= 15 is 0 Å². The third-order valence-electron chi connectivity index (χ3n) is 6.71. The van der Waals surface area contributed by atoms with E-state index in [1.807, 2.05) is 0 Å². The Kier molecular flexibility index (Phi) is 9.17. The molecule has 1 N–H and O–H groups in total. The molecule has 3 rings (SSSR count). The molecule has 0 saturated heterocycles. The van der Waals surface area contributed by atoms with Crippen LogP contribution in [0.4, 0.5) is 26.3 Å². The number of benzene rings is 1. The highest BCUT2D eigenvalue weighted by molar-refractivity contribution is 8.00. The molecule has 0 amide bonds. The maximum atomic E-state index is 13.0. The van der Waals surface area contributed by atoms with Gasteiger partial charge < -0.3 is 4.48 Å². The molecule has 0 unspecified atom stereocenters. The number of allylic oxidation sites excluding steroid dienone is 4. The van der Waals surface area contributed by atoms with Gasteiger partial charge in [-0.1, -0.05) is 31.2 Å². The molecule has 0 aliphatic heterocycles. The average Bonchev–Trinajstić information content (AvgIpc) is 3.20. The normalized spacial score (nSPS) is 16.3. The minimum Gasteiger partial charge on any atom is -0.324 e. The van der Waals surface area contributed by atoms with Crippen molar-refractivity contribution >= 4 is 37.0 Å². The Morgan fingerprint density at radius 1 is 0.763 bits per heavy atom. The van der Waals surface area contributed by atoms with Crippen LogP contribution in [-0.4, -0.2) is 64.2 Å². The zero-order chi connectivity index (χ0) is 29.3. The van der Waals surface area contributed by atoms with Crippen LogP contribution in [0, 0.1) is 5.41 Å². The van der Waals surface area contributed by atoms with Gasteiger partial charge in [0.25, 0.3) is 19.7 Å². The quantitative estimate of drug-likeness (QED) is 0.320. The zero-order valence-corrected chi connectivity index (χ0v) is 22.8. The molecule has 0 saturated carbocycles. The van der Waals surface area contributed by atoms with Crippen molar-refractivity contribution in [1.29, 1.82) is 5.41 Å².